The summed E-state index contributed by atoms with van der Waals surface area (Å²) in [6, 6.07) is 15.2. The summed E-state index contributed by atoms with van der Waals surface area (Å²) >= 11 is 6.03. The molecule has 2 aromatic carbocycles. The van der Waals surface area contributed by atoms with Crippen molar-refractivity contribution < 1.29 is 4.79 Å². The Morgan fingerprint density at radius 2 is 1.85 bits per heavy atom. The number of nitrogens with one attached hydrogen (secondary N) is 1. The monoisotopic (exact) mass is 285 g/mol. The number of hydrogen-bond donors (Lipinski definition) is 1. The molecule has 0 aromatic heterocycles. The quantitative estimate of drug-likeness (QED) is 0.820. The molecule has 0 aliphatic rings. The molecule has 1 amide bonds. The molecule has 2 rings (SSSR count). The van der Waals surface area contributed by atoms with Gasteiger partial charge in [0.2, 0.25) is 5.91 Å². The number of amides is 1. The van der Waals surface area contributed by atoms with Gasteiger partial charge in [0, 0.05) is 16.8 Å². The summed E-state index contributed by atoms with van der Waals surface area (Å²) in [5.41, 5.74) is 2.80. The molecule has 0 atom stereocenters. The van der Waals surface area contributed by atoms with Gasteiger partial charge in [-0.25, -0.2) is 0 Å². The van der Waals surface area contributed by atoms with Crippen molar-refractivity contribution in [1.29, 1.82) is 0 Å². The second-order valence-electron chi connectivity index (χ2n) is 4.35. The molecule has 0 bridgehead atoms. The lowest BCUT2D eigenvalue weighted by Gasteiger charge is -2.07. The summed E-state index contributed by atoms with van der Waals surface area (Å²) in [6.45, 7) is 2.06. The van der Waals surface area contributed by atoms with E-state index in [0.29, 0.717) is 5.02 Å². The lowest BCUT2D eigenvalue weighted by atomic mass is 10.1. The molecule has 20 heavy (non-hydrogen) atoms. The highest BCUT2D eigenvalue weighted by Gasteiger charge is 2.02. The number of halogens is 1. The van der Waals surface area contributed by atoms with Crippen LogP contribution in [0, 0.1) is 0 Å². The number of benzene rings is 2. The first-order valence-electron chi connectivity index (χ1n) is 6.52. The molecule has 0 saturated carbocycles. The number of aryl methyl sites for hydroxylation is 1. The average molecular weight is 286 g/mol. The van der Waals surface area contributed by atoms with Crippen molar-refractivity contribution >= 4 is 29.3 Å². The molecule has 102 valence electrons. The molecule has 0 aliphatic carbocycles. The summed E-state index contributed by atoms with van der Waals surface area (Å²) in [7, 11) is 0. The van der Waals surface area contributed by atoms with Crippen LogP contribution in [0.25, 0.3) is 6.08 Å². The highest BCUT2D eigenvalue weighted by molar-refractivity contribution is 6.32. The molecule has 0 spiro atoms. The molecule has 1 N–H and O–H groups in total. The predicted octanol–water partition coefficient (Wildman–Crippen LogP) is 4.55. The molecule has 0 unspecified atom stereocenters. The molecule has 0 heterocycles. The normalized spacial score (nSPS) is 10.7. The van der Waals surface area contributed by atoms with Gasteiger partial charge in [0.05, 0.1) is 0 Å². The van der Waals surface area contributed by atoms with E-state index in [-0.39, 0.29) is 5.91 Å². The predicted molar refractivity (Wildman–Crippen MR) is 84.9 cm³/mol. The van der Waals surface area contributed by atoms with E-state index >= 15 is 0 Å². The minimum atomic E-state index is -0.161. The number of hydrogen-bond acceptors (Lipinski definition) is 1. The van der Waals surface area contributed by atoms with Crippen molar-refractivity contribution in [3.63, 3.8) is 0 Å². The van der Waals surface area contributed by atoms with Crippen LogP contribution in [0.4, 0.5) is 5.69 Å². The van der Waals surface area contributed by atoms with Crippen molar-refractivity contribution in [2.45, 2.75) is 13.3 Å². The van der Waals surface area contributed by atoms with Gasteiger partial charge in [0.15, 0.2) is 0 Å². The number of carbonyl (C=O) groups excluding carboxylic acids is 1. The van der Waals surface area contributed by atoms with Gasteiger partial charge in [-0.15, -0.1) is 0 Å². The Morgan fingerprint density at radius 1 is 1.15 bits per heavy atom. The minimum absolute atomic E-state index is 0.161. The topological polar surface area (TPSA) is 29.1 Å². The largest absolute Gasteiger partial charge is 0.322 e. The fourth-order valence-electron chi connectivity index (χ4n) is 1.90. The molecule has 0 radical (unpaired) electrons. The van der Waals surface area contributed by atoms with Gasteiger partial charge in [0.25, 0.3) is 0 Å². The maximum atomic E-state index is 11.9. The van der Waals surface area contributed by atoms with Crippen molar-refractivity contribution in [2.75, 3.05) is 5.32 Å². The fraction of sp³-hybridized carbons (Fsp3) is 0.118. The second kappa shape index (κ2) is 6.92. The standard InChI is InChI=1S/C17H16ClNO/c1-2-13-7-4-6-10-16(13)19-17(20)12-11-14-8-3-5-9-15(14)18/h3-12H,2H2,1H3,(H,19,20). The first kappa shape index (κ1) is 14.4. The fourth-order valence-corrected chi connectivity index (χ4v) is 2.10. The Morgan fingerprint density at radius 3 is 2.60 bits per heavy atom. The summed E-state index contributed by atoms with van der Waals surface area (Å²) < 4.78 is 0. The zero-order chi connectivity index (χ0) is 14.4. The van der Waals surface area contributed by atoms with Crippen LogP contribution in [0.1, 0.15) is 18.1 Å². The Bertz CT molecular complexity index is 634. The van der Waals surface area contributed by atoms with Crippen LogP contribution < -0.4 is 5.32 Å². The Hall–Kier alpha value is -2.06. The van der Waals surface area contributed by atoms with E-state index in [4.69, 9.17) is 11.6 Å². The Balaban J connectivity index is 2.08. The Labute approximate surface area is 124 Å². The summed E-state index contributed by atoms with van der Waals surface area (Å²) in [6.07, 6.45) is 4.09. The molecule has 0 aliphatic heterocycles. The second-order valence-corrected chi connectivity index (χ2v) is 4.76. The first-order valence-corrected chi connectivity index (χ1v) is 6.90. The lowest BCUT2D eigenvalue weighted by molar-refractivity contribution is -0.111. The van der Waals surface area contributed by atoms with Crippen LogP contribution in [0.5, 0.6) is 0 Å². The van der Waals surface area contributed by atoms with Gasteiger partial charge in [-0.2, -0.15) is 0 Å². The SMILES string of the molecule is CCc1ccccc1NC(=O)C=Cc1ccccc1Cl. The van der Waals surface area contributed by atoms with Crippen LogP contribution in [-0.2, 0) is 11.2 Å². The van der Waals surface area contributed by atoms with Crippen molar-refractivity contribution in [3.05, 3.63) is 70.8 Å². The summed E-state index contributed by atoms with van der Waals surface area (Å²) in [4.78, 5) is 11.9. The molecule has 0 saturated heterocycles. The third-order valence-electron chi connectivity index (χ3n) is 2.98. The van der Waals surface area contributed by atoms with Gasteiger partial charge in [-0.05, 0) is 35.8 Å². The average Bonchev–Trinajstić information content (AvgIpc) is 2.47. The third kappa shape index (κ3) is 3.72. The molecule has 2 aromatic rings. The lowest BCUT2D eigenvalue weighted by Crippen LogP contribution is -2.09. The van der Waals surface area contributed by atoms with Crippen molar-refractivity contribution in [3.8, 4) is 0 Å². The summed E-state index contributed by atoms with van der Waals surface area (Å²) in [5, 5.41) is 3.51. The van der Waals surface area contributed by atoms with Crippen LogP contribution in [0.2, 0.25) is 5.02 Å². The summed E-state index contributed by atoms with van der Waals surface area (Å²) in [5.74, 6) is -0.161. The third-order valence-corrected chi connectivity index (χ3v) is 3.32. The van der Waals surface area contributed by atoms with Gasteiger partial charge < -0.3 is 5.32 Å². The maximum absolute atomic E-state index is 11.9. The highest BCUT2D eigenvalue weighted by Crippen LogP contribution is 2.17. The number of rotatable bonds is 4. The number of anilines is 1. The van der Waals surface area contributed by atoms with Crippen molar-refractivity contribution in [2.24, 2.45) is 0 Å². The molecule has 2 nitrogen and oxygen atoms in total. The number of carbonyl (C=O) groups is 1. The highest BCUT2D eigenvalue weighted by atomic mass is 35.5. The van der Waals surface area contributed by atoms with E-state index in [2.05, 4.69) is 12.2 Å². The van der Waals surface area contributed by atoms with Gasteiger partial charge in [-0.1, -0.05) is 54.9 Å². The van der Waals surface area contributed by atoms with Crippen molar-refractivity contribution in [1.82, 2.24) is 0 Å². The Kier molecular flexibility index (Phi) is 4.97. The van der Waals surface area contributed by atoms with E-state index in [1.807, 2.05) is 42.5 Å². The number of para-hydroxylation sites is 1. The van der Waals surface area contributed by atoms with E-state index in [9.17, 15) is 4.79 Å². The zero-order valence-electron chi connectivity index (χ0n) is 11.3. The van der Waals surface area contributed by atoms with E-state index in [1.54, 1.807) is 12.1 Å². The van der Waals surface area contributed by atoms with Gasteiger partial charge >= 0.3 is 0 Å². The van der Waals surface area contributed by atoms with Crippen LogP contribution >= 0.6 is 11.6 Å². The molecule has 0 fully saturated rings. The zero-order valence-corrected chi connectivity index (χ0v) is 12.0. The molecular formula is C17H16ClNO. The van der Waals surface area contributed by atoms with Gasteiger partial charge in [-0.3, -0.25) is 4.79 Å². The minimum Gasteiger partial charge on any atom is -0.322 e. The maximum Gasteiger partial charge on any atom is 0.248 e. The van der Waals surface area contributed by atoms with E-state index in [1.165, 1.54) is 6.08 Å². The van der Waals surface area contributed by atoms with Crippen LogP contribution in [0.3, 0.4) is 0 Å². The molecule has 3 heteroatoms. The van der Waals surface area contributed by atoms with Crippen LogP contribution in [-0.4, -0.2) is 5.91 Å². The van der Waals surface area contributed by atoms with E-state index < -0.39 is 0 Å². The molecular weight excluding hydrogens is 270 g/mol. The van der Waals surface area contributed by atoms with Gasteiger partial charge in [0.1, 0.15) is 0 Å². The smallest absolute Gasteiger partial charge is 0.248 e. The van der Waals surface area contributed by atoms with Crippen LogP contribution in [0.15, 0.2) is 54.6 Å². The van der Waals surface area contributed by atoms with E-state index in [0.717, 1.165) is 23.2 Å². The first-order chi connectivity index (χ1) is 9.70.